The van der Waals surface area contributed by atoms with Crippen LogP contribution in [0.3, 0.4) is 0 Å². The molecule has 0 aliphatic rings. The molecule has 2 N–H and O–H groups in total. The van der Waals surface area contributed by atoms with Crippen LogP contribution >= 0.6 is 11.8 Å². The molecule has 0 atom stereocenters. The summed E-state index contributed by atoms with van der Waals surface area (Å²) in [7, 11) is 0. The first-order valence-electron chi connectivity index (χ1n) is 5.38. The van der Waals surface area contributed by atoms with Gasteiger partial charge in [0.25, 0.3) is 0 Å². The van der Waals surface area contributed by atoms with E-state index >= 15 is 0 Å². The quantitative estimate of drug-likeness (QED) is 0.855. The molecule has 0 saturated heterocycles. The molecule has 2 aromatic rings. The van der Waals surface area contributed by atoms with Gasteiger partial charge < -0.3 is 5.73 Å². The summed E-state index contributed by atoms with van der Waals surface area (Å²) in [6, 6.07) is 14.0. The number of nitrogen functional groups attached to an aromatic ring is 1. The largest absolute Gasteiger partial charge is 0.398 e. The highest BCUT2D eigenvalue weighted by Gasteiger charge is 2.03. The molecule has 2 rings (SSSR count). The van der Waals surface area contributed by atoms with E-state index < -0.39 is 0 Å². The Morgan fingerprint density at radius 3 is 2.67 bits per heavy atom. The second kappa shape index (κ2) is 5.56. The van der Waals surface area contributed by atoms with Crippen molar-refractivity contribution < 1.29 is 4.39 Å². The van der Waals surface area contributed by atoms with Gasteiger partial charge in [-0.25, -0.2) is 4.39 Å². The highest BCUT2D eigenvalue weighted by molar-refractivity contribution is 7.99. The van der Waals surface area contributed by atoms with Crippen LogP contribution in [0.4, 0.5) is 10.1 Å². The number of nitrogens with two attached hydrogens (primary N) is 1. The van der Waals surface area contributed by atoms with Gasteiger partial charge in [-0.2, -0.15) is 5.26 Å². The monoisotopic (exact) mass is 258 g/mol. The van der Waals surface area contributed by atoms with Crippen LogP contribution in [0.25, 0.3) is 0 Å². The third-order valence-corrected chi connectivity index (χ3v) is 3.40. The smallest absolute Gasteiger partial charge is 0.124 e. The van der Waals surface area contributed by atoms with Gasteiger partial charge in [0, 0.05) is 15.5 Å². The Morgan fingerprint density at radius 2 is 1.94 bits per heavy atom. The second-order valence-electron chi connectivity index (χ2n) is 3.75. The molecule has 0 heterocycles. The maximum atomic E-state index is 13.1. The molecule has 2 nitrogen and oxygen atoms in total. The fourth-order valence-electron chi connectivity index (χ4n) is 1.55. The summed E-state index contributed by atoms with van der Waals surface area (Å²) in [5.41, 5.74) is 7.19. The predicted octanol–water partition coefficient (Wildman–Crippen LogP) is 3.63. The van der Waals surface area contributed by atoms with Crippen molar-refractivity contribution in [3.8, 4) is 6.07 Å². The van der Waals surface area contributed by atoms with E-state index in [-0.39, 0.29) is 12.2 Å². The van der Waals surface area contributed by atoms with E-state index in [0.717, 1.165) is 15.4 Å². The van der Waals surface area contributed by atoms with Crippen LogP contribution < -0.4 is 5.73 Å². The molecule has 18 heavy (non-hydrogen) atoms. The molecule has 0 bridgehead atoms. The molecule has 0 aliphatic carbocycles. The van der Waals surface area contributed by atoms with E-state index in [4.69, 9.17) is 11.0 Å². The van der Waals surface area contributed by atoms with Crippen LogP contribution in [0.5, 0.6) is 0 Å². The van der Waals surface area contributed by atoms with Crippen LogP contribution in [0.15, 0.2) is 52.3 Å². The van der Waals surface area contributed by atoms with Crippen molar-refractivity contribution in [3.05, 3.63) is 53.8 Å². The number of hydrogen-bond donors (Lipinski definition) is 1. The minimum absolute atomic E-state index is 0.257. The Morgan fingerprint density at radius 1 is 1.17 bits per heavy atom. The van der Waals surface area contributed by atoms with Crippen LogP contribution in [0.1, 0.15) is 5.56 Å². The lowest BCUT2D eigenvalue weighted by molar-refractivity contribution is 0.624. The number of rotatable bonds is 3. The molecule has 2 aromatic carbocycles. The summed E-state index contributed by atoms with van der Waals surface area (Å²) in [5, 5.41) is 8.70. The second-order valence-corrected chi connectivity index (χ2v) is 4.90. The third kappa shape index (κ3) is 3.02. The molecular weight excluding hydrogens is 247 g/mol. The molecule has 0 aromatic heterocycles. The van der Waals surface area contributed by atoms with Crippen LogP contribution in [-0.2, 0) is 6.42 Å². The fraction of sp³-hybridized carbons (Fsp3) is 0.0714. The van der Waals surface area contributed by atoms with Gasteiger partial charge in [-0.15, -0.1) is 0 Å². The van der Waals surface area contributed by atoms with Crippen molar-refractivity contribution in [1.82, 2.24) is 0 Å². The Labute approximate surface area is 109 Å². The van der Waals surface area contributed by atoms with Gasteiger partial charge in [-0.1, -0.05) is 17.8 Å². The predicted molar refractivity (Wildman–Crippen MR) is 70.7 cm³/mol. The topological polar surface area (TPSA) is 49.8 Å². The summed E-state index contributed by atoms with van der Waals surface area (Å²) >= 11 is 1.45. The highest BCUT2D eigenvalue weighted by Crippen LogP contribution is 2.30. The molecule has 0 aliphatic heterocycles. The molecule has 0 saturated carbocycles. The summed E-state index contributed by atoms with van der Waals surface area (Å²) in [6.45, 7) is 0. The van der Waals surface area contributed by atoms with Gasteiger partial charge in [0.05, 0.1) is 12.5 Å². The number of nitrogens with zero attached hydrogens (tertiary/aromatic N) is 1. The zero-order chi connectivity index (χ0) is 13.0. The van der Waals surface area contributed by atoms with Gasteiger partial charge in [0.15, 0.2) is 0 Å². The Bertz CT molecular complexity index is 605. The van der Waals surface area contributed by atoms with Crippen LogP contribution in [-0.4, -0.2) is 0 Å². The summed E-state index contributed by atoms with van der Waals surface area (Å²) in [4.78, 5) is 1.77. The van der Waals surface area contributed by atoms with Gasteiger partial charge in [-0.05, 0) is 42.0 Å². The number of hydrogen-bond acceptors (Lipinski definition) is 3. The zero-order valence-electron chi connectivity index (χ0n) is 9.56. The first-order valence-corrected chi connectivity index (χ1v) is 6.19. The van der Waals surface area contributed by atoms with Crippen molar-refractivity contribution >= 4 is 17.4 Å². The minimum atomic E-state index is -0.257. The zero-order valence-corrected chi connectivity index (χ0v) is 10.4. The van der Waals surface area contributed by atoms with Gasteiger partial charge in [0.2, 0.25) is 0 Å². The first kappa shape index (κ1) is 12.5. The average molecular weight is 258 g/mol. The Balaban J connectivity index is 2.24. The van der Waals surface area contributed by atoms with E-state index in [1.54, 1.807) is 12.1 Å². The Kier molecular flexibility index (Phi) is 3.85. The fourth-order valence-corrected chi connectivity index (χ4v) is 2.48. The van der Waals surface area contributed by atoms with Gasteiger partial charge in [-0.3, -0.25) is 0 Å². The van der Waals surface area contributed by atoms with Crippen molar-refractivity contribution in [2.75, 3.05) is 5.73 Å². The standard InChI is InChI=1S/C14H11FN2S/c15-11-2-1-3-12(9-11)18-13-4-5-14(17)10(8-13)6-7-16/h1-5,8-9H,6,17H2. The van der Waals surface area contributed by atoms with Crippen molar-refractivity contribution in [2.45, 2.75) is 16.2 Å². The van der Waals surface area contributed by atoms with Gasteiger partial charge >= 0.3 is 0 Å². The minimum Gasteiger partial charge on any atom is -0.398 e. The number of halogens is 1. The van der Waals surface area contributed by atoms with E-state index in [2.05, 4.69) is 6.07 Å². The van der Waals surface area contributed by atoms with Gasteiger partial charge in [0.1, 0.15) is 5.82 Å². The number of anilines is 1. The molecule has 0 unspecified atom stereocenters. The molecule has 0 fully saturated rings. The van der Waals surface area contributed by atoms with E-state index in [1.807, 2.05) is 18.2 Å². The van der Waals surface area contributed by atoms with E-state index in [9.17, 15) is 4.39 Å². The Hall–Kier alpha value is -1.99. The van der Waals surface area contributed by atoms with Crippen LogP contribution in [0, 0.1) is 17.1 Å². The molecular formula is C14H11FN2S. The molecule has 90 valence electrons. The third-order valence-electron chi connectivity index (χ3n) is 2.42. The maximum Gasteiger partial charge on any atom is 0.124 e. The normalized spacial score (nSPS) is 10.0. The van der Waals surface area contributed by atoms with Crippen molar-refractivity contribution in [2.24, 2.45) is 0 Å². The number of benzene rings is 2. The van der Waals surface area contributed by atoms with Crippen LogP contribution in [0.2, 0.25) is 0 Å². The lowest BCUT2D eigenvalue weighted by Crippen LogP contribution is -1.93. The first-order chi connectivity index (χ1) is 8.69. The number of nitriles is 1. The van der Waals surface area contributed by atoms with E-state index in [0.29, 0.717) is 5.69 Å². The average Bonchev–Trinajstić information content (AvgIpc) is 2.34. The van der Waals surface area contributed by atoms with E-state index in [1.165, 1.54) is 23.9 Å². The summed E-state index contributed by atoms with van der Waals surface area (Å²) in [5.74, 6) is -0.257. The lowest BCUT2D eigenvalue weighted by Gasteiger charge is -2.06. The molecule has 0 amide bonds. The maximum absolute atomic E-state index is 13.1. The van der Waals surface area contributed by atoms with Crippen molar-refractivity contribution in [1.29, 1.82) is 5.26 Å². The summed E-state index contributed by atoms with van der Waals surface area (Å²) in [6.07, 6.45) is 0.281. The summed E-state index contributed by atoms with van der Waals surface area (Å²) < 4.78 is 13.1. The highest BCUT2D eigenvalue weighted by atomic mass is 32.2. The molecule has 0 spiro atoms. The lowest BCUT2D eigenvalue weighted by atomic mass is 10.1. The molecule has 0 radical (unpaired) electrons. The molecule has 4 heteroatoms. The van der Waals surface area contributed by atoms with Crippen molar-refractivity contribution in [3.63, 3.8) is 0 Å². The SMILES string of the molecule is N#CCc1cc(Sc2cccc(F)c2)ccc1N.